The summed E-state index contributed by atoms with van der Waals surface area (Å²) in [5, 5.41) is 12.5. The fourth-order valence-electron chi connectivity index (χ4n) is 4.16. The lowest BCUT2D eigenvalue weighted by Gasteiger charge is -2.37. The SMILES string of the molecule is CC(F)(F)Oc1cccc(CNC(=O)c2cn(CC(F)CCn3ccc(NC(=O)CN4CC(F)(F)C4)cc3=O)nn2)c1. The van der Waals surface area contributed by atoms with Crippen LogP contribution < -0.4 is 20.9 Å². The molecule has 2 amide bonds. The highest BCUT2D eigenvalue weighted by Gasteiger charge is 2.44. The van der Waals surface area contributed by atoms with Crippen LogP contribution in [0.5, 0.6) is 5.75 Å². The fraction of sp³-hybridized carbons (Fsp3) is 0.423. The van der Waals surface area contributed by atoms with E-state index in [0.717, 1.165) is 10.7 Å². The molecule has 1 aliphatic rings. The molecule has 4 rings (SSSR count). The van der Waals surface area contributed by atoms with Crippen molar-refractivity contribution in [1.29, 1.82) is 0 Å². The predicted octanol–water partition coefficient (Wildman–Crippen LogP) is 2.68. The molecule has 3 heterocycles. The molecular formula is C26H28F5N7O4. The monoisotopic (exact) mass is 597 g/mol. The van der Waals surface area contributed by atoms with Crippen LogP contribution in [0.4, 0.5) is 27.6 Å². The van der Waals surface area contributed by atoms with Crippen molar-refractivity contribution < 1.29 is 36.3 Å². The van der Waals surface area contributed by atoms with Crippen LogP contribution in [0, 0.1) is 0 Å². The zero-order chi connectivity index (χ0) is 30.5. The number of benzene rings is 1. The van der Waals surface area contributed by atoms with E-state index in [0.29, 0.717) is 12.5 Å². The van der Waals surface area contributed by atoms with E-state index in [2.05, 4.69) is 25.7 Å². The molecule has 1 atom stereocenters. The van der Waals surface area contributed by atoms with Crippen LogP contribution in [0.1, 0.15) is 29.4 Å². The predicted molar refractivity (Wildman–Crippen MR) is 139 cm³/mol. The molecule has 0 spiro atoms. The Balaban J connectivity index is 1.21. The molecule has 0 bridgehead atoms. The number of amides is 2. The van der Waals surface area contributed by atoms with E-state index < -0.39 is 48.7 Å². The van der Waals surface area contributed by atoms with Crippen molar-refractivity contribution in [2.75, 3.05) is 25.0 Å². The summed E-state index contributed by atoms with van der Waals surface area (Å²) in [4.78, 5) is 38.0. The number of alkyl halides is 5. The van der Waals surface area contributed by atoms with Gasteiger partial charge in [-0.1, -0.05) is 17.3 Å². The molecular weight excluding hydrogens is 569 g/mol. The lowest BCUT2D eigenvalue weighted by atomic mass is 10.1. The first-order chi connectivity index (χ1) is 19.7. The molecule has 1 unspecified atom stereocenters. The molecule has 1 aromatic carbocycles. The molecule has 11 nitrogen and oxygen atoms in total. The number of aromatic nitrogens is 4. The summed E-state index contributed by atoms with van der Waals surface area (Å²) in [5.41, 5.74) is 0.135. The van der Waals surface area contributed by atoms with Gasteiger partial charge in [-0.3, -0.25) is 19.3 Å². The first kappa shape index (κ1) is 30.6. The van der Waals surface area contributed by atoms with E-state index in [1.54, 1.807) is 6.07 Å². The Labute approximate surface area is 236 Å². The number of hydrogen-bond acceptors (Lipinski definition) is 7. The van der Waals surface area contributed by atoms with Gasteiger partial charge in [-0.25, -0.2) is 17.9 Å². The van der Waals surface area contributed by atoms with Gasteiger partial charge < -0.3 is 19.9 Å². The van der Waals surface area contributed by atoms with E-state index in [4.69, 9.17) is 0 Å². The number of carbonyl (C=O) groups is 2. The van der Waals surface area contributed by atoms with Crippen molar-refractivity contribution in [2.24, 2.45) is 0 Å². The van der Waals surface area contributed by atoms with E-state index in [1.165, 1.54) is 46.1 Å². The maximum Gasteiger partial charge on any atom is 0.394 e. The average molecular weight is 598 g/mol. The van der Waals surface area contributed by atoms with Crippen LogP contribution >= 0.6 is 0 Å². The Kier molecular flexibility index (Phi) is 9.23. The van der Waals surface area contributed by atoms with Gasteiger partial charge in [0, 0.05) is 38.0 Å². The number of likely N-dealkylation sites (tertiary alicyclic amines) is 1. The zero-order valence-corrected chi connectivity index (χ0v) is 22.4. The van der Waals surface area contributed by atoms with Crippen LogP contribution in [0.15, 0.2) is 53.6 Å². The second-order valence-corrected chi connectivity index (χ2v) is 9.95. The third kappa shape index (κ3) is 9.09. The van der Waals surface area contributed by atoms with Crippen molar-refractivity contribution in [3.8, 4) is 5.75 Å². The summed E-state index contributed by atoms with van der Waals surface area (Å²) in [5.74, 6) is -3.99. The number of nitrogens with zero attached hydrogens (tertiary/aromatic N) is 5. The van der Waals surface area contributed by atoms with Gasteiger partial charge >= 0.3 is 6.11 Å². The standard InChI is InChI=1S/C26H28F5N7O4/c1-25(28,29)42-20-4-2-3-17(9-20)11-32-24(41)21-13-38(35-34-21)12-18(27)5-7-37-8-6-19(10-23(37)40)33-22(39)14-36-15-26(30,31)16-36/h2-4,6,8-10,13,18H,5,7,11-12,14-16H2,1H3,(H,32,41)(H,33,39). The van der Waals surface area contributed by atoms with Crippen LogP contribution in [0.2, 0.25) is 0 Å². The Morgan fingerprint density at radius 3 is 2.64 bits per heavy atom. The van der Waals surface area contributed by atoms with Gasteiger partial charge in [-0.15, -0.1) is 5.10 Å². The van der Waals surface area contributed by atoms with Gasteiger partial charge in [0.25, 0.3) is 17.4 Å². The van der Waals surface area contributed by atoms with E-state index in [1.807, 2.05) is 0 Å². The van der Waals surface area contributed by atoms with Gasteiger partial charge in [0.1, 0.15) is 11.9 Å². The Morgan fingerprint density at radius 2 is 1.95 bits per heavy atom. The quantitative estimate of drug-likeness (QED) is 0.291. The summed E-state index contributed by atoms with van der Waals surface area (Å²) >= 11 is 0. The summed E-state index contributed by atoms with van der Waals surface area (Å²) in [7, 11) is 0. The Hall–Kier alpha value is -4.34. The largest absolute Gasteiger partial charge is 0.433 e. The zero-order valence-electron chi connectivity index (χ0n) is 22.4. The molecule has 2 aromatic heterocycles. The highest BCUT2D eigenvalue weighted by Crippen LogP contribution is 2.26. The van der Waals surface area contributed by atoms with Gasteiger partial charge in [0.15, 0.2) is 5.69 Å². The van der Waals surface area contributed by atoms with E-state index >= 15 is 0 Å². The van der Waals surface area contributed by atoms with Gasteiger partial charge in [0.05, 0.1) is 32.4 Å². The van der Waals surface area contributed by atoms with Crippen molar-refractivity contribution in [2.45, 2.75) is 51.2 Å². The number of anilines is 1. The molecule has 0 saturated carbocycles. The van der Waals surface area contributed by atoms with Crippen molar-refractivity contribution in [1.82, 2.24) is 29.8 Å². The van der Waals surface area contributed by atoms with Gasteiger partial charge in [-0.2, -0.15) is 8.78 Å². The molecule has 0 radical (unpaired) electrons. The highest BCUT2D eigenvalue weighted by molar-refractivity contribution is 5.92. The second kappa shape index (κ2) is 12.7. The Bertz CT molecular complexity index is 1470. The highest BCUT2D eigenvalue weighted by atomic mass is 19.3. The van der Waals surface area contributed by atoms with Crippen LogP contribution in [0.25, 0.3) is 0 Å². The number of pyridine rings is 1. The molecule has 3 aromatic rings. The average Bonchev–Trinajstić information content (AvgIpc) is 3.33. The molecule has 1 fully saturated rings. The number of halogens is 5. The number of aryl methyl sites for hydroxylation is 1. The molecule has 1 saturated heterocycles. The molecule has 0 aliphatic carbocycles. The Morgan fingerprint density at radius 1 is 1.19 bits per heavy atom. The van der Waals surface area contributed by atoms with Gasteiger partial charge in [-0.05, 0) is 30.2 Å². The fourth-order valence-corrected chi connectivity index (χ4v) is 4.16. The normalized spacial score (nSPS) is 15.5. The first-order valence-corrected chi connectivity index (χ1v) is 12.8. The molecule has 226 valence electrons. The maximum absolute atomic E-state index is 14.6. The van der Waals surface area contributed by atoms with Crippen molar-refractivity contribution in [3.05, 3.63) is 70.4 Å². The molecule has 2 N–H and O–H groups in total. The number of ether oxygens (including phenoxy) is 1. The summed E-state index contributed by atoms with van der Waals surface area (Å²) in [6, 6.07) is 8.43. The minimum Gasteiger partial charge on any atom is -0.433 e. The number of nitrogens with one attached hydrogen (secondary N) is 2. The molecule has 42 heavy (non-hydrogen) atoms. The van der Waals surface area contributed by atoms with Crippen LogP contribution in [-0.4, -0.2) is 74.1 Å². The summed E-state index contributed by atoms with van der Waals surface area (Å²) in [6.07, 6.45) is -2.22. The van der Waals surface area contributed by atoms with E-state index in [9.17, 15) is 36.3 Å². The van der Waals surface area contributed by atoms with Gasteiger partial charge in [0.2, 0.25) is 5.91 Å². The van der Waals surface area contributed by atoms with Crippen molar-refractivity contribution in [3.63, 3.8) is 0 Å². The smallest absolute Gasteiger partial charge is 0.394 e. The lowest BCUT2D eigenvalue weighted by molar-refractivity contribution is -0.159. The molecule has 1 aliphatic heterocycles. The third-order valence-corrected chi connectivity index (χ3v) is 6.05. The lowest BCUT2D eigenvalue weighted by Crippen LogP contribution is -2.57. The van der Waals surface area contributed by atoms with E-state index in [-0.39, 0.29) is 49.7 Å². The molecule has 16 heteroatoms. The van der Waals surface area contributed by atoms with Crippen LogP contribution in [0.3, 0.4) is 0 Å². The maximum atomic E-state index is 14.6. The second-order valence-electron chi connectivity index (χ2n) is 9.95. The van der Waals surface area contributed by atoms with Crippen molar-refractivity contribution >= 4 is 17.5 Å². The van der Waals surface area contributed by atoms with Crippen LogP contribution in [-0.2, 0) is 24.4 Å². The number of hydrogen-bond donors (Lipinski definition) is 2. The topological polar surface area (TPSA) is 123 Å². The minimum atomic E-state index is -3.35. The number of carbonyl (C=O) groups excluding carboxylic acids is 2. The number of rotatable bonds is 13. The summed E-state index contributed by atoms with van der Waals surface area (Å²) < 4.78 is 73.4. The first-order valence-electron chi connectivity index (χ1n) is 12.8. The third-order valence-electron chi connectivity index (χ3n) is 6.05. The minimum absolute atomic E-state index is 0.00149. The summed E-state index contributed by atoms with van der Waals surface area (Å²) in [6.45, 7) is -0.811.